The second-order valence-electron chi connectivity index (χ2n) is 8.89. The van der Waals surface area contributed by atoms with E-state index in [0.717, 1.165) is 0 Å². The molecule has 2 rings (SSSR count). The highest BCUT2D eigenvalue weighted by Gasteiger charge is 2.34. The molecule has 0 bridgehead atoms. The number of unbranched alkanes of at least 4 members (excludes halogenated alkanes) is 4. The molecule has 1 unspecified atom stereocenters. The van der Waals surface area contributed by atoms with Crippen LogP contribution in [0, 0.1) is 0 Å². The van der Waals surface area contributed by atoms with Crippen molar-refractivity contribution < 1.29 is 14.0 Å². The standard InChI is InChI=1S/C16H36P.C12H11O3P/c1-5-9-13-17(14-10-6-2,15-11-7-3)16-12-8-4;13-16(14,12-9-5-2-6-10-12)15-11-7-3-1-4-8-11/h5-16H2,1-4H3;1-10H,(H,13,14)/q+1;/p-1. The van der Waals surface area contributed by atoms with Crippen molar-refractivity contribution in [2.24, 2.45) is 0 Å². The first-order valence-corrected chi connectivity index (χ1v) is 17.0. The fourth-order valence-corrected chi connectivity index (χ4v) is 10.3. The van der Waals surface area contributed by atoms with Gasteiger partial charge in [-0.25, -0.2) is 0 Å². The molecule has 3 nitrogen and oxygen atoms in total. The smallest absolute Gasteiger partial charge is 0.214 e. The highest BCUT2D eigenvalue weighted by atomic mass is 31.2. The molecule has 0 radical (unpaired) electrons. The fourth-order valence-electron chi connectivity index (χ4n) is 3.93. The average molecular weight is 493 g/mol. The van der Waals surface area contributed by atoms with E-state index in [0.29, 0.717) is 5.75 Å². The molecule has 1 atom stereocenters. The zero-order valence-electron chi connectivity index (χ0n) is 21.4. The largest absolute Gasteiger partial charge is 0.765 e. The zero-order valence-corrected chi connectivity index (χ0v) is 23.2. The van der Waals surface area contributed by atoms with Crippen molar-refractivity contribution in [1.82, 2.24) is 0 Å². The maximum atomic E-state index is 11.8. The summed E-state index contributed by atoms with van der Waals surface area (Å²) in [7, 11) is -4.58. The molecule has 0 spiro atoms. The second-order valence-corrected chi connectivity index (χ2v) is 15.1. The van der Waals surface area contributed by atoms with Gasteiger partial charge in [0.15, 0.2) is 0 Å². The monoisotopic (exact) mass is 492 g/mol. The zero-order chi connectivity index (χ0) is 24.4. The fraction of sp³-hybridized carbons (Fsp3) is 0.571. The molecule has 0 N–H and O–H groups in total. The van der Waals surface area contributed by atoms with Crippen molar-refractivity contribution in [3.05, 3.63) is 60.7 Å². The summed E-state index contributed by atoms with van der Waals surface area (Å²) in [4.78, 5) is 11.8. The first-order chi connectivity index (χ1) is 15.9. The van der Waals surface area contributed by atoms with Gasteiger partial charge in [-0.3, -0.25) is 4.57 Å². The average Bonchev–Trinajstić information content (AvgIpc) is 2.84. The number of hydrogen-bond acceptors (Lipinski definition) is 3. The molecule has 186 valence electrons. The molecule has 0 aromatic heterocycles. The van der Waals surface area contributed by atoms with Crippen molar-refractivity contribution in [1.29, 1.82) is 0 Å². The van der Waals surface area contributed by atoms with Crippen LogP contribution in [0.4, 0.5) is 0 Å². The van der Waals surface area contributed by atoms with E-state index in [2.05, 4.69) is 27.7 Å². The summed E-state index contributed by atoms with van der Waals surface area (Å²) in [5.74, 6) is 0.324. The highest BCUT2D eigenvalue weighted by molar-refractivity contribution is 7.75. The Morgan fingerprint density at radius 2 is 1.03 bits per heavy atom. The normalized spacial score (nSPS) is 13.0. The number of rotatable bonds is 15. The number of para-hydroxylation sites is 1. The molecule has 5 heteroatoms. The predicted molar refractivity (Wildman–Crippen MR) is 147 cm³/mol. The van der Waals surface area contributed by atoms with E-state index in [1.165, 1.54) is 63.5 Å². The Hall–Kier alpha value is -1.14. The lowest BCUT2D eigenvalue weighted by Gasteiger charge is -2.28. The highest BCUT2D eigenvalue weighted by Crippen LogP contribution is 2.61. The minimum absolute atomic E-state index is 0.179. The van der Waals surface area contributed by atoms with Crippen LogP contribution in [0.1, 0.15) is 79.1 Å². The third-order valence-electron chi connectivity index (χ3n) is 5.99. The van der Waals surface area contributed by atoms with Crippen LogP contribution in [0.15, 0.2) is 60.7 Å². The van der Waals surface area contributed by atoms with Crippen LogP contribution in [0.5, 0.6) is 5.75 Å². The minimum atomic E-state index is -4.02. The van der Waals surface area contributed by atoms with E-state index < -0.39 is 14.9 Å². The lowest BCUT2D eigenvalue weighted by Crippen LogP contribution is -2.19. The Morgan fingerprint density at radius 1 is 0.667 bits per heavy atom. The molecule has 2 aromatic rings. The second kappa shape index (κ2) is 17.3. The van der Waals surface area contributed by atoms with E-state index in [4.69, 9.17) is 4.52 Å². The van der Waals surface area contributed by atoms with E-state index in [1.807, 2.05) is 0 Å². The summed E-state index contributed by atoms with van der Waals surface area (Å²) < 4.78 is 16.8. The van der Waals surface area contributed by atoms with Crippen molar-refractivity contribution in [2.45, 2.75) is 79.1 Å². The molecular formula is C28H46O3P2. The van der Waals surface area contributed by atoms with Crippen LogP contribution >= 0.6 is 14.9 Å². The van der Waals surface area contributed by atoms with Gasteiger partial charge in [-0.2, -0.15) is 0 Å². The molecule has 0 saturated heterocycles. The molecule has 0 aliphatic rings. The third-order valence-corrected chi connectivity index (χ3v) is 12.4. The Bertz CT molecular complexity index is 728. The first-order valence-electron chi connectivity index (χ1n) is 12.9. The van der Waals surface area contributed by atoms with Gasteiger partial charge in [0.1, 0.15) is 5.75 Å². The Morgan fingerprint density at radius 3 is 1.39 bits per heavy atom. The SMILES string of the molecule is CCCC[P+](CCCC)(CCCC)CCCC.O=P([O-])(Oc1ccccc1)c1ccccc1. The van der Waals surface area contributed by atoms with Gasteiger partial charge in [0.2, 0.25) is 7.60 Å². The van der Waals surface area contributed by atoms with Gasteiger partial charge in [-0.05, 0) is 49.9 Å². The van der Waals surface area contributed by atoms with Gasteiger partial charge in [-0.15, -0.1) is 0 Å². The van der Waals surface area contributed by atoms with Crippen LogP contribution in [-0.2, 0) is 4.57 Å². The summed E-state index contributed by atoms with van der Waals surface area (Å²) in [6, 6.07) is 16.6. The summed E-state index contributed by atoms with van der Waals surface area (Å²) in [5.41, 5.74) is 0. The van der Waals surface area contributed by atoms with Crippen LogP contribution in [0.3, 0.4) is 0 Å². The Labute approximate surface area is 204 Å². The molecule has 0 saturated carbocycles. The topological polar surface area (TPSA) is 49.4 Å². The lowest BCUT2D eigenvalue weighted by molar-refractivity contribution is -0.186. The summed E-state index contributed by atoms with van der Waals surface area (Å²) in [5, 5.41) is 0.179. The summed E-state index contributed by atoms with van der Waals surface area (Å²) >= 11 is 0. The van der Waals surface area contributed by atoms with Gasteiger partial charge in [0.25, 0.3) is 0 Å². The van der Waals surface area contributed by atoms with Gasteiger partial charge >= 0.3 is 0 Å². The number of benzene rings is 2. The molecule has 0 heterocycles. The maximum absolute atomic E-state index is 11.8. The Balaban J connectivity index is 0.000000330. The van der Waals surface area contributed by atoms with E-state index in [-0.39, 0.29) is 5.30 Å². The lowest BCUT2D eigenvalue weighted by atomic mass is 10.3. The molecule has 33 heavy (non-hydrogen) atoms. The van der Waals surface area contributed by atoms with Crippen LogP contribution < -0.4 is 14.7 Å². The van der Waals surface area contributed by atoms with Gasteiger partial charge in [0.05, 0.1) is 24.6 Å². The number of hydrogen-bond donors (Lipinski definition) is 0. The van der Waals surface area contributed by atoms with Crippen molar-refractivity contribution in [2.75, 3.05) is 24.6 Å². The van der Waals surface area contributed by atoms with Gasteiger partial charge in [-0.1, -0.05) is 89.8 Å². The quantitative estimate of drug-likeness (QED) is 0.236. The van der Waals surface area contributed by atoms with Crippen molar-refractivity contribution in [3.8, 4) is 5.75 Å². The summed E-state index contributed by atoms with van der Waals surface area (Å²) in [6.45, 7) is 9.42. The van der Waals surface area contributed by atoms with Gasteiger partial charge < -0.3 is 9.42 Å². The van der Waals surface area contributed by atoms with Gasteiger partial charge in [0, 0.05) is 12.6 Å². The Kier molecular flexibility index (Phi) is 15.7. The summed E-state index contributed by atoms with van der Waals surface area (Å²) in [6.07, 6.45) is 17.9. The molecular weight excluding hydrogens is 446 g/mol. The molecule has 2 aromatic carbocycles. The first kappa shape index (κ1) is 29.9. The predicted octanol–water partition coefficient (Wildman–Crippen LogP) is 8.15. The van der Waals surface area contributed by atoms with Crippen LogP contribution in [0.2, 0.25) is 0 Å². The molecule has 0 aliphatic carbocycles. The molecule has 0 amide bonds. The van der Waals surface area contributed by atoms with E-state index in [1.54, 1.807) is 73.2 Å². The maximum Gasteiger partial charge on any atom is 0.214 e. The van der Waals surface area contributed by atoms with E-state index >= 15 is 0 Å². The van der Waals surface area contributed by atoms with Crippen LogP contribution in [0.25, 0.3) is 0 Å². The molecule has 0 aliphatic heterocycles. The van der Waals surface area contributed by atoms with Crippen LogP contribution in [-0.4, -0.2) is 24.6 Å². The van der Waals surface area contributed by atoms with Crippen molar-refractivity contribution >= 4 is 20.2 Å². The third kappa shape index (κ3) is 12.2. The van der Waals surface area contributed by atoms with E-state index in [9.17, 15) is 9.46 Å². The minimum Gasteiger partial charge on any atom is -0.765 e. The van der Waals surface area contributed by atoms with Crippen molar-refractivity contribution in [3.63, 3.8) is 0 Å². The molecule has 0 fully saturated rings.